The lowest BCUT2D eigenvalue weighted by atomic mass is 10.0. The zero-order chi connectivity index (χ0) is 30.2. The third kappa shape index (κ3) is 3.87. The first-order valence-electron chi connectivity index (χ1n) is 15.4. The molecule has 0 spiro atoms. The van der Waals surface area contributed by atoms with Crippen molar-refractivity contribution in [2.45, 2.75) is 0 Å². The van der Waals surface area contributed by atoms with E-state index in [1.54, 1.807) is 0 Å². The molecule has 0 aliphatic carbocycles. The molecule has 0 bridgehead atoms. The zero-order valence-electron chi connectivity index (χ0n) is 24.6. The molecule has 0 saturated carbocycles. The molecule has 0 unspecified atom stereocenters. The summed E-state index contributed by atoms with van der Waals surface area (Å²) in [5.74, 6) is 0. The maximum absolute atomic E-state index is 6.81. The zero-order valence-corrected chi connectivity index (χ0v) is 26.2. The van der Waals surface area contributed by atoms with E-state index in [4.69, 9.17) is 4.42 Å². The Labute approximate surface area is 273 Å². The number of nitrogens with zero attached hydrogens (tertiary/aromatic N) is 1. The van der Waals surface area contributed by atoms with Gasteiger partial charge in [-0.3, -0.25) is 0 Å². The Balaban J connectivity index is 1.29. The summed E-state index contributed by atoms with van der Waals surface area (Å²) in [4.78, 5) is 2.38. The number of para-hydroxylation sites is 1. The molecule has 0 saturated heterocycles. The third-order valence-corrected chi connectivity index (χ3v) is 11.4. The second kappa shape index (κ2) is 10.0. The lowest BCUT2D eigenvalue weighted by Crippen LogP contribution is -2.10. The Morgan fingerprint density at radius 3 is 1.85 bits per heavy atom. The molecule has 2 nitrogen and oxygen atoms in total. The van der Waals surface area contributed by atoms with Gasteiger partial charge in [-0.25, -0.2) is 0 Å². The summed E-state index contributed by atoms with van der Waals surface area (Å²) in [5.41, 5.74) is 7.44. The molecule has 10 aromatic rings. The summed E-state index contributed by atoms with van der Waals surface area (Å²) in [6, 6.07) is 54.6. The Morgan fingerprint density at radius 1 is 0.435 bits per heavy atom. The van der Waals surface area contributed by atoms with E-state index in [2.05, 4.69) is 157 Å². The van der Waals surface area contributed by atoms with E-state index in [-0.39, 0.29) is 0 Å². The van der Waals surface area contributed by atoms with Crippen molar-refractivity contribution in [3.8, 4) is 11.1 Å². The number of fused-ring (bicyclic) bond motifs is 10. The second-order valence-electron chi connectivity index (χ2n) is 11.7. The van der Waals surface area contributed by atoms with Gasteiger partial charge in [0.15, 0.2) is 5.58 Å². The third-order valence-electron chi connectivity index (χ3n) is 9.06. The van der Waals surface area contributed by atoms with E-state index in [1.807, 2.05) is 22.7 Å². The number of rotatable bonds is 4. The standard InChI is InChI=1S/C42H25NOS2/c1-2-10-26(11-3-1)27-18-20-28(21-19-27)43(29-22-23-32-30-12-5-8-16-37(30)45-39(32)24-29)35-25-34-31-13-6-9-17-38(31)46-42(34)40-33-14-4-7-15-36(33)44-41(35)40/h1-25H. The highest BCUT2D eigenvalue weighted by molar-refractivity contribution is 7.27. The summed E-state index contributed by atoms with van der Waals surface area (Å²) in [6.07, 6.45) is 0. The van der Waals surface area contributed by atoms with Crippen LogP contribution in [0.4, 0.5) is 17.1 Å². The average molecular weight is 624 g/mol. The molecule has 0 amide bonds. The molecule has 0 aliphatic heterocycles. The fourth-order valence-electron chi connectivity index (χ4n) is 6.93. The van der Waals surface area contributed by atoms with Crippen LogP contribution in [-0.2, 0) is 0 Å². The minimum absolute atomic E-state index is 0.906. The highest BCUT2D eigenvalue weighted by Crippen LogP contribution is 2.50. The fourth-order valence-corrected chi connectivity index (χ4v) is 9.31. The number of anilines is 3. The summed E-state index contributed by atoms with van der Waals surface area (Å²) in [5, 5.41) is 7.45. The van der Waals surface area contributed by atoms with Crippen LogP contribution in [0.1, 0.15) is 0 Å². The van der Waals surface area contributed by atoms with Gasteiger partial charge >= 0.3 is 0 Å². The van der Waals surface area contributed by atoms with E-state index in [0.717, 1.165) is 33.6 Å². The first kappa shape index (κ1) is 25.9. The minimum Gasteiger partial charge on any atom is -0.454 e. The van der Waals surface area contributed by atoms with Gasteiger partial charge in [0.25, 0.3) is 0 Å². The van der Waals surface area contributed by atoms with Gasteiger partial charge in [-0.05, 0) is 59.7 Å². The molecule has 10 rings (SSSR count). The van der Waals surface area contributed by atoms with Crippen LogP contribution in [0.5, 0.6) is 0 Å². The lowest BCUT2D eigenvalue weighted by Gasteiger charge is -2.26. The maximum atomic E-state index is 6.81. The van der Waals surface area contributed by atoms with Crippen molar-refractivity contribution in [1.82, 2.24) is 0 Å². The van der Waals surface area contributed by atoms with Crippen LogP contribution in [0.2, 0.25) is 0 Å². The van der Waals surface area contributed by atoms with Crippen LogP contribution in [0, 0.1) is 0 Å². The SMILES string of the molecule is c1ccc(-c2ccc(N(c3ccc4c(c3)sc3ccccc34)c3cc4c5ccccc5sc4c4c3oc3ccccc34)cc2)cc1. The van der Waals surface area contributed by atoms with Crippen LogP contribution in [0.25, 0.3) is 73.4 Å². The van der Waals surface area contributed by atoms with Gasteiger partial charge in [0.1, 0.15) is 5.58 Å². The highest BCUT2D eigenvalue weighted by Gasteiger charge is 2.24. The molecule has 4 heteroatoms. The van der Waals surface area contributed by atoms with Crippen molar-refractivity contribution < 1.29 is 4.42 Å². The first-order chi connectivity index (χ1) is 22.8. The molecule has 7 aromatic carbocycles. The number of furan rings is 1. The summed E-state index contributed by atoms with van der Waals surface area (Å²) < 4.78 is 11.9. The molecule has 0 radical (unpaired) electrons. The van der Waals surface area contributed by atoms with Crippen LogP contribution >= 0.6 is 22.7 Å². The summed E-state index contributed by atoms with van der Waals surface area (Å²) in [6.45, 7) is 0. The molecule has 0 fully saturated rings. The van der Waals surface area contributed by atoms with Crippen molar-refractivity contribution in [1.29, 1.82) is 0 Å². The number of hydrogen-bond donors (Lipinski definition) is 0. The number of benzene rings is 7. The van der Waals surface area contributed by atoms with Crippen molar-refractivity contribution in [3.63, 3.8) is 0 Å². The minimum atomic E-state index is 0.906. The van der Waals surface area contributed by atoms with Gasteiger partial charge in [-0.1, -0.05) is 103 Å². The van der Waals surface area contributed by atoms with Crippen molar-refractivity contribution >= 4 is 102 Å². The Kier molecular flexibility index (Phi) is 5.65. The molecule has 3 heterocycles. The van der Waals surface area contributed by atoms with Crippen LogP contribution in [0.15, 0.2) is 156 Å². The highest BCUT2D eigenvalue weighted by atomic mass is 32.1. The van der Waals surface area contributed by atoms with Crippen molar-refractivity contribution in [2.75, 3.05) is 4.90 Å². The Bertz CT molecular complexity index is 2750. The monoisotopic (exact) mass is 623 g/mol. The van der Waals surface area contributed by atoms with Gasteiger partial charge in [0.2, 0.25) is 0 Å². The molecule has 46 heavy (non-hydrogen) atoms. The summed E-state index contributed by atoms with van der Waals surface area (Å²) in [7, 11) is 0. The first-order valence-corrected chi connectivity index (χ1v) is 17.1. The van der Waals surface area contributed by atoms with Crippen LogP contribution in [0.3, 0.4) is 0 Å². The van der Waals surface area contributed by atoms with Gasteiger partial charge in [0.05, 0.1) is 5.69 Å². The predicted molar refractivity (Wildman–Crippen MR) is 200 cm³/mol. The number of thiophene rings is 2. The molecule has 0 N–H and O–H groups in total. The molecule has 0 atom stereocenters. The van der Waals surface area contributed by atoms with E-state index in [0.29, 0.717) is 0 Å². The largest absolute Gasteiger partial charge is 0.454 e. The second-order valence-corrected chi connectivity index (χ2v) is 13.8. The molecule has 3 aromatic heterocycles. The van der Waals surface area contributed by atoms with E-state index in [1.165, 1.54) is 56.9 Å². The average Bonchev–Trinajstić information content (AvgIpc) is 3.80. The smallest absolute Gasteiger partial charge is 0.160 e. The van der Waals surface area contributed by atoms with Crippen molar-refractivity contribution in [3.05, 3.63) is 152 Å². The molecule has 0 aliphatic rings. The molecular weight excluding hydrogens is 599 g/mol. The van der Waals surface area contributed by atoms with E-state index < -0.39 is 0 Å². The van der Waals surface area contributed by atoms with Gasteiger partial charge in [-0.15, -0.1) is 22.7 Å². The molecular formula is C42H25NOS2. The predicted octanol–water partition coefficient (Wildman–Crippen LogP) is 13.5. The quantitative estimate of drug-likeness (QED) is 0.194. The summed E-state index contributed by atoms with van der Waals surface area (Å²) >= 11 is 3.70. The Morgan fingerprint density at radius 2 is 1.04 bits per heavy atom. The maximum Gasteiger partial charge on any atom is 0.160 e. The van der Waals surface area contributed by atoms with E-state index >= 15 is 0 Å². The van der Waals surface area contributed by atoms with Gasteiger partial charge in [-0.2, -0.15) is 0 Å². The van der Waals surface area contributed by atoms with Crippen LogP contribution in [-0.4, -0.2) is 0 Å². The van der Waals surface area contributed by atoms with Crippen LogP contribution < -0.4 is 4.90 Å². The van der Waals surface area contributed by atoms with Crippen molar-refractivity contribution in [2.24, 2.45) is 0 Å². The topological polar surface area (TPSA) is 16.4 Å². The van der Waals surface area contributed by atoms with Gasteiger partial charge < -0.3 is 9.32 Å². The Hall–Kier alpha value is -5.42. The fraction of sp³-hybridized carbons (Fsp3) is 0. The van der Waals surface area contributed by atoms with E-state index in [9.17, 15) is 0 Å². The number of hydrogen-bond acceptors (Lipinski definition) is 4. The van der Waals surface area contributed by atoms with Gasteiger partial charge in [0, 0.05) is 62.5 Å². The normalized spacial score (nSPS) is 11.9. The molecule has 216 valence electrons. The lowest BCUT2D eigenvalue weighted by molar-refractivity contribution is 0.669.